The van der Waals surface area contributed by atoms with Crippen molar-refractivity contribution in [1.29, 1.82) is 0 Å². The van der Waals surface area contributed by atoms with Crippen LogP contribution in [0.15, 0.2) is 48.7 Å². The Morgan fingerprint density at radius 3 is 2.86 bits per heavy atom. The average molecular weight is 303 g/mol. The number of benzene rings is 2. The Hall–Kier alpha value is -2.33. The fourth-order valence-corrected chi connectivity index (χ4v) is 2.29. The minimum atomic E-state index is -0.442. The summed E-state index contributed by atoms with van der Waals surface area (Å²) in [5.41, 5.74) is 7.98. The van der Waals surface area contributed by atoms with Crippen LogP contribution < -0.4 is 10.5 Å². The Morgan fingerprint density at radius 2 is 2.05 bits per heavy atom. The van der Waals surface area contributed by atoms with Gasteiger partial charge in [0, 0.05) is 11.6 Å². The first kappa shape index (κ1) is 13.6. The molecule has 3 aromatic rings. The van der Waals surface area contributed by atoms with E-state index in [4.69, 9.17) is 22.1 Å². The van der Waals surface area contributed by atoms with Crippen molar-refractivity contribution in [3.8, 4) is 5.75 Å². The van der Waals surface area contributed by atoms with E-state index in [1.165, 1.54) is 6.07 Å². The highest BCUT2D eigenvalue weighted by Gasteiger charge is 2.07. The maximum absolute atomic E-state index is 13.1. The van der Waals surface area contributed by atoms with E-state index >= 15 is 0 Å². The molecule has 1 aromatic heterocycles. The van der Waals surface area contributed by atoms with Crippen molar-refractivity contribution in [3.63, 3.8) is 0 Å². The summed E-state index contributed by atoms with van der Waals surface area (Å²) in [5, 5.41) is 0.922. The smallest absolute Gasteiger partial charge is 0.141 e. The van der Waals surface area contributed by atoms with Crippen LogP contribution >= 0.6 is 11.6 Å². The molecule has 0 aliphatic heterocycles. The van der Waals surface area contributed by atoms with E-state index < -0.39 is 5.82 Å². The lowest BCUT2D eigenvalue weighted by molar-refractivity contribution is 0.310. The van der Waals surface area contributed by atoms with E-state index in [2.05, 4.69) is 4.98 Å². The van der Waals surface area contributed by atoms with Crippen molar-refractivity contribution < 1.29 is 9.13 Å². The molecule has 106 valence electrons. The Morgan fingerprint density at radius 1 is 1.19 bits per heavy atom. The second-order valence-corrected chi connectivity index (χ2v) is 5.00. The van der Waals surface area contributed by atoms with Crippen molar-refractivity contribution >= 4 is 28.2 Å². The third kappa shape index (κ3) is 2.76. The lowest BCUT2D eigenvalue weighted by Gasteiger charge is -2.10. The van der Waals surface area contributed by atoms with Crippen LogP contribution in [0.25, 0.3) is 10.9 Å². The van der Waals surface area contributed by atoms with Gasteiger partial charge in [0.25, 0.3) is 0 Å². The molecular weight excluding hydrogens is 291 g/mol. The zero-order valence-corrected chi connectivity index (χ0v) is 11.8. The predicted octanol–water partition coefficient (Wildman–Crippen LogP) is 4.19. The largest absolute Gasteiger partial charge is 0.488 e. The molecule has 0 aliphatic rings. The van der Waals surface area contributed by atoms with E-state index in [1.807, 2.05) is 12.1 Å². The minimum Gasteiger partial charge on any atom is -0.488 e. The number of ether oxygens (including phenoxy) is 1. The molecule has 0 saturated carbocycles. The molecule has 0 unspecified atom stereocenters. The highest BCUT2D eigenvalue weighted by atomic mass is 35.5. The molecule has 0 fully saturated rings. The Kier molecular flexibility index (Phi) is 3.62. The summed E-state index contributed by atoms with van der Waals surface area (Å²) in [6.45, 7) is 0.286. The van der Waals surface area contributed by atoms with E-state index in [0.29, 0.717) is 17.0 Å². The van der Waals surface area contributed by atoms with Crippen LogP contribution in [0.3, 0.4) is 0 Å². The summed E-state index contributed by atoms with van der Waals surface area (Å²) >= 11 is 5.75. The Balaban J connectivity index is 1.88. The van der Waals surface area contributed by atoms with Crippen molar-refractivity contribution in [2.75, 3.05) is 5.73 Å². The van der Waals surface area contributed by atoms with Crippen molar-refractivity contribution in [2.45, 2.75) is 6.61 Å². The Bertz CT molecular complexity index is 807. The summed E-state index contributed by atoms with van der Waals surface area (Å²) in [6.07, 6.45) is 1.68. The zero-order valence-electron chi connectivity index (χ0n) is 11.0. The number of hydrogen-bond donors (Lipinski definition) is 1. The summed E-state index contributed by atoms with van der Waals surface area (Å²) in [4.78, 5) is 4.25. The minimum absolute atomic E-state index is 0.0833. The number of anilines is 1. The topological polar surface area (TPSA) is 48.1 Å². The fraction of sp³-hybridized carbons (Fsp3) is 0.0625. The van der Waals surface area contributed by atoms with Crippen LogP contribution in [0.2, 0.25) is 5.02 Å². The molecular formula is C16H12ClFN2O. The lowest BCUT2D eigenvalue weighted by Crippen LogP contribution is -1.98. The molecule has 21 heavy (non-hydrogen) atoms. The predicted molar refractivity (Wildman–Crippen MR) is 81.9 cm³/mol. The molecule has 3 rings (SSSR count). The Labute approximate surface area is 126 Å². The number of hydrogen-bond acceptors (Lipinski definition) is 3. The van der Waals surface area contributed by atoms with Crippen molar-refractivity contribution in [3.05, 3.63) is 65.1 Å². The van der Waals surface area contributed by atoms with Gasteiger partial charge in [0.15, 0.2) is 0 Å². The number of aromatic nitrogens is 1. The van der Waals surface area contributed by atoms with Crippen LogP contribution in [0.4, 0.5) is 10.1 Å². The fourth-order valence-electron chi connectivity index (χ4n) is 2.08. The van der Waals surface area contributed by atoms with Gasteiger partial charge in [-0.3, -0.25) is 4.98 Å². The third-order valence-electron chi connectivity index (χ3n) is 3.14. The van der Waals surface area contributed by atoms with E-state index in [9.17, 15) is 4.39 Å². The van der Waals surface area contributed by atoms with Gasteiger partial charge in [0.05, 0.1) is 16.2 Å². The zero-order chi connectivity index (χ0) is 14.8. The number of nitrogens with two attached hydrogens (primary N) is 1. The molecule has 0 amide bonds. The molecule has 3 nitrogen and oxygen atoms in total. The normalized spacial score (nSPS) is 10.8. The number of nitrogens with zero attached hydrogens (tertiary/aromatic N) is 1. The number of halogens is 2. The van der Waals surface area contributed by atoms with Gasteiger partial charge in [-0.2, -0.15) is 0 Å². The van der Waals surface area contributed by atoms with Gasteiger partial charge in [-0.05, 0) is 42.0 Å². The molecule has 0 aliphatic carbocycles. The maximum atomic E-state index is 13.1. The summed E-state index contributed by atoms with van der Waals surface area (Å²) in [6, 6.07) is 11.8. The molecule has 0 atom stereocenters. The molecule has 2 N–H and O–H groups in total. The van der Waals surface area contributed by atoms with Crippen LogP contribution in [0.1, 0.15) is 5.56 Å². The van der Waals surface area contributed by atoms with Crippen LogP contribution in [0, 0.1) is 5.82 Å². The summed E-state index contributed by atoms with van der Waals surface area (Å²) in [7, 11) is 0. The molecule has 0 bridgehead atoms. The van der Waals surface area contributed by atoms with Gasteiger partial charge < -0.3 is 10.5 Å². The molecule has 0 spiro atoms. The molecule has 0 radical (unpaired) electrons. The van der Waals surface area contributed by atoms with Gasteiger partial charge in [-0.15, -0.1) is 0 Å². The van der Waals surface area contributed by atoms with Gasteiger partial charge in [0.1, 0.15) is 18.2 Å². The third-order valence-corrected chi connectivity index (χ3v) is 3.43. The molecule has 5 heteroatoms. The SMILES string of the molecule is Nc1ccc(OCc2ccc(F)c(Cl)c2)c2cccnc12. The monoisotopic (exact) mass is 302 g/mol. The molecule has 2 aromatic carbocycles. The van der Waals surface area contributed by atoms with Crippen molar-refractivity contribution in [1.82, 2.24) is 4.98 Å². The number of rotatable bonds is 3. The standard InChI is InChI=1S/C16H12ClFN2O/c17-12-8-10(3-4-13(12)18)9-21-15-6-5-14(19)16-11(15)2-1-7-20-16/h1-8H,9,19H2. The van der Waals surface area contributed by atoms with Crippen LogP contribution in [-0.4, -0.2) is 4.98 Å². The van der Waals surface area contributed by atoms with Gasteiger partial charge >= 0.3 is 0 Å². The van der Waals surface area contributed by atoms with Crippen LogP contribution in [-0.2, 0) is 6.61 Å². The molecule has 0 saturated heterocycles. The maximum Gasteiger partial charge on any atom is 0.141 e. The number of fused-ring (bicyclic) bond motifs is 1. The lowest BCUT2D eigenvalue weighted by atomic mass is 10.1. The highest BCUT2D eigenvalue weighted by Crippen LogP contribution is 2.29. The summed E-state index contributed by atoms with van der Waals surface area (Å²) < 4.78 is 18.9. The second kappa shape index (κ2) is 5.58. The number of nitrogen functional groups attached to an aromatic ring is 1. The highest BCUT2D eigenvalue weighted by molar-refractivity contribution is 6.30. The quantitative estimate of drug-likeness (QED) is 0.738. The van der Waals surface area contributed by atoms with Gasteiger partial charge in [0.2, 0.25) is 0 Å². The van der Waals surface area contributed by atoms with Crippen molar-refractivity contribution in [2.24, 2.45) is 0 Å². The van der Waals surface area contributed by atoms with Crippen LogP contribution in [0.5, 0.6) is 5.75 Å². The van der Waals surface area contributed by atoms with Gasteiger partial charge in [-0.25, -0.2) is 4.39 Å². The van der Waals surface area contributed by atoms with Gasteiger partial charge in [-0.1, -0.05) is 17.7 Å². The number of pyridine rings is 1. The first-order valence-electron chi connectivity index (χ1n) is 6.35. The molecule has 1 heterocycles. The first-order valence-corrected chi connectivity index (χ1v) is 6.73. The average Bonchev–Trinajstić information content (AvgIpc) is 2.50. The van der Waals surface area contributed by atoms with E-state index in [-0.39, 0.29) is 11.6 Å². The first-order chi connectivity index (χ1) is 10.1. The van der Waals surface area contributed by atoms with E-state index in [1.54, 1.807) is 30.5 Å². The summed E-state index contributed by atoms with van der Waals surface area (Å²) in [5.74, 6) is 0.232. The van der Waals surface area contributed by atoms with E-state index in [0.717, 1.165) is 10.9 Å². The second-order valence-electron chi connectivity index (χ2n) is 4.59.